The summed E-state index contributed by atoms with van der Waals surface area (Å²) in [4.78, 5) is 0. The molecule has 3 heteroatoms. The Balaban J connectivity index is 2.43. The molecule has 0 spiro atoms. The van der Waals surface area contributed by atoms with Gasteiger partial charge in [-0.25, -0.2) is 0 Å². The summed E-state index contributed by atoms with van der Waals surface area (Å²) in [5.41, 5.74) is 3.88. The first-order valence-electron chi connectivity index (χ1n) is 5.58. The van der Waals surface area contributed by atoms with Crippen molar-refractivity contribution in [2.45, 2.75) is 26.5 Å². The lowest BCUT2D eigenvalue weighted by Crippen LogP contribution is -2.30. The molecule has 1 unspecified atom stereocenters. The van der Waals surface area contributed by atoms with Crippen LogP contribution in [0.25, 0.3) is 0 Å². The van der Waals surface area contributed by atoms with Crippen molar-refractivity contribution in [3.8, 4) is 0 Å². The highest BCUT2D eigenvalue weighted by molar-refractivity contribution is 5.33. The molecule has 0 fully saturated rings. The summed E-state index contributed by atoms with van der Waals surface area (Å²) in [7, 11) is 1.59. The number of hydrogen-bond acceptors (Lipinski definition) is 3. The van der Waals surface area contributed by atoms with E-state index in [1.54, 1.807) is 7.11 Å². The number of methoxy groups -OCH3 is 1. The van der Waals surface area contributed by atoms with Crippen LogP contribution in [0.15, 0.2) is 18.2 Å². The quantitative estimate of drug-likeness (QED) is 0.766. The lowest BCUT2D eigenvalue weighted by molar-refractivity contribution is 0.0644. The van der Waals surface area contributed by atoms with Crippen molar-refractivity contribution in [3.05, 3.63) is 34.9 Å². The zero-order valence-electron chi connectivity index (χ0n) is 10.3. The van der Waals surface area contributed by atoms with E-state index in [2.05, 4.69) is 37.4 Å². The molecule has 0 heterocycles. The lowest BCUT2D eigenvalue weighted by Gasteiger charge is -2.13. The molecule has 1 aromatic carbocycles. The fourth-order valence-corrected chi connectivity index (χ4v) is 1.74. The van der Waals surface area contributed by atoms with E-state index in [1.807, 2.05) is 0 Å². The van der Waals surface area contributed by atoms with Gasteiger partial charge in [0.2, 0.25) is 0 Å². The standard InChI is InChI=1S/C13H21NO2/c1-10-5-4-6-11(2)13(10)8-14-7-12(15)9-16-3/h4-6,12,14-15H,7-9H2,1-3H3. The SMILES string of the molecule is COCC(O)CNCc1c(C)cccc1C. The molecule has 90 valence electrons. The molecule has 0 saturated heterocycles. The van der Waals surface area contributed by atoms with E-state index in [9.17, 15) is 5.11 Å². The maximum absolute atomic E-state index is 9.48. The van der Waals surface area contributed by atoms with Crippen molar-refractivity contribution in [2.24, 2.45) is 0 Å². The number of nitrogens with one attached hydrogen (secondary N) is 1. The van der Waals surface area contributed by atoms with Gasteiger partial charge in [0.1, 0.15) is 0 Å². The average molecular weight is 223 g/mol. The van der Waals surface area contributed by atoms with Crippen LogP contribution in [0.1, 0.15) is 16.7 Å². The predicted octanol–water partition coefficient (Wildman–Crippen LogP) is 1.40. The zero-order chi connectivity index (χ0) is 12.0. The fraction of sp³-hybridized carbons (Fsp3) is 0.538. The minimum Gasteiger partial charge on any atom is -0.389 e. The third kappa shape index (κ3) is 3.93. The zero-order valence-corrected chi connectivity index (χ0v) is 10.3. The molecule has 1 atom stereocenters. The van der Waals surface area contributed by atoms with Gasteiger partial charge in [-0.15, -0.1) is 0 Å². The average Bonchev–Trinajstić information content (AvgIpc) is 2.23. The first-order valence-corrected chi connectivity index (χ1v) is 5.58. The Labute approximate surface area is 97.4 Å². The van der Waals surface area contributed by atoms with E-state index in [1.165, 1.54) is 16.7 Å². The summed E-state index contributed by atoms with van der Waals surface area (Å²) < 4.78 is 4.86. The van der Waals surface area contributed by atoms with Crippen molar-refractivity contribution in [3.63, 3.8) is 0 Å². The number of rotatable bonds is 6. The molecule has 0 radical (unpaired) electrons. The molecular formula is C13H21NO2. The number of ether oxygens (including phenoxy) is 1. The Bertz CT molecular complexity index is 305. The van der Waals surface area contributed by atoms with Gasteiger partial charge in [-0.1, -0.05) is 18.2 Å². The van der Waals surface area contributed by atoms with Crippen LogP contribution in [0.3, 0.4) is 0 Å². The summed E-state index contributed by atoms with van der Waals surface area (Å²) in [6.07, 6.45) is -0.436. The molecule has 3 nitrogen and oxygen atoms in total. The molecule has 0 aromatic heterocycles. The molecule has 1 aromatic rings. The maximum Gasteiger partial charge on any atom is 0.0897 e. The van der Waals surface area contributed by atoms with Crippen LogP contribution in [0.5, 0.6) is 0 Å². The lowest BCUT2D eigenvalue weighted by atomic mass is 10.0. The molecule has 0 amide bonds. The first-order chi connectivity index (χ1) is 7.65. The van der Waals surface area contributed by atoms with Crippen LogP contribution >= 0.6 is 0 Å². The largest absolute Gasteiger partial charge is 0.389 e. The van der Waals surface area contributed by atoms with Gasteiger partial charge in [0.15, 0.2) is 0 Å². The highest BCUT2D eigenvalue weighted by Crippen LogP contribution is 2.12. The van der Waals surface area contributed by atoms with Gasteiger partial charge in [-0.2, -0.15) is 0 Å². The van der Waals surface area contributed by atoms with Crippen LogP contribution in [-0.2, 0) is 11.3 Å². The van der Waals surface area contributed by atoms with Crippen LogP contribution < -0.4 is 5.32 Å². The topological polar surface area (TPSA) is 41.5 Å². The van der Waals surface area contributed by atoms with Gasteiger partial charge in [-0.05, 0) is 30.5 Å². The molecule has 2 N–H and O–H groups in total. The Kier molecular flexibility index (Phi) is 5.46. The smallest absolute Gasteiger partial charge is 0.0897 e. The van der Waals surface area contributed by atoms with Crippen molar-refractivity contribution in [1.29, 1.82) is 0 Å². The number of aliphatic hydroxyl groups is 1. The fourth-order valence-electron chi connectivity index (χ4n) is 1.74. The van der Waals surface area contributed by atoms with Gasteiger partial charge in [0, 0.05) is 20.2 Å². The molecule has 0 saturated carbocycles. The molecule has 16 heavy (non-hydrogen) atoms. The molecule has 0 bridgehead atoms. The highest BCUT2D eigenvalue weighted by Gasteiger charge is 2.04. The third-order valence-corrected chi connectivity index (χ3v) is 2.69. The molecule has 0 aliphatic rings. The number of hydrogen-bond donors (Lipinski definition) is 2. The molecule has 1 rings (SSSR count). The monoisotopic (exact) mass is 223 g/mol. The van der Waals surface area contributed by atoms with Gasteiger partial charge >= 0.3 is 0 Å². The van der Waals surface area contributed by atoms with E-state index in [0.29, 0.717) is 13.2 Å². The second kappa shape index (κ2) is 6.63. The van der Waals surface area contributed by atoms with Crippen LogP contribution in [0, 0.1) is 13.8 Å². The van der Waals surface area contributed by atoms with Gasteiger partial charge < -0.3 is 15.2 Å². The Hall–Kier alpha value is -0.900. The van der Waals surface area contributed by atoms with E-state index in [0.717, 1.165) is 6.54 Å². The first kappa shape index (κ1) is 13.2. The molecule has 0 aliphatic heterocycles. The second-order valence-electron chi connectivity index (χ2n) is 4.11. The number of aryl methyl sites for hydroxylation is 2. The summed E-state index contributed by atoms with van der Waals surface area (Å²) in [6.45, 7) is 5.94. The van der Waals surface area contributed by atoms with Crippen LogP contribution in [0.2, 0.25) is 0 Å². The second-order valence-corrected chi connectivity index (χ2v) is 4.11. The highest BCUT2D eigenvalue weighted by atomic mass is 16.5. The summed E-state index contributed by atoms with van der Waals surface area (Å²) in [6, 6.07) is 6.28. The predicted molar refractivity (Wildman–Crippen MR) is 65.5 cm³/mol. The Morgan fingerprint density at radius 3 is 2.50 bits per heavy atom. The minimum atomic E-state index is -0.436. The minimum absolute atomic E-state index is 0.375. The van der Waals surface area contributed by atoms with Crippen LogP contribution in [0.4, 0.5) is 0 Å². The van der Waals surface area contributed by atoms with E-state index < -0.39 is 6.10 Å². The van der Waals surface area contributed by atoms with E-state index in [-0.39, 0.29) is 0 Å². The third-order valence-electron chi connectivity index (χ3n) is 2.69. The van der Waals surface area contributed by atoms with Gasteiger partial charge in [0.25, 0.3) is 0 Å². The van der Waals surface area contributed by atoms with Crippen molar-refractivity contribution < 1.29 is 9.84 Å². The van der Waals surface area contributed by atoms with Crippen LogP contribution in [-0.4, -0.2) is 31.5 Å². The van der Waals surface area contributed by atoms with Gasteiger partial charge in [-0.3, -0.25) is 0 Å². The van der Waals surface area contributed by atoms with Crippen molar-refractivity contribution in [2.75, 3.05) is 20.3 Å². The summed E-state index contributed by atoms with van der Waals surface area (Å²) in [5.74, 6) is 0. The summed E-state index contributed by atoms with van der Waals surface area (Å²) >= 11 is 0. The number of aliphatic hydroxyl groups excluding tert-OH is 1. The van der Waals surface area contributed by atoms with E-state index in [4.69, 9.17) is 4.74 Å². The van der Waals surface area contributed by atoms with Crippen molar-refractivity contribution >= 4 is 0 Å². The normalized spacial score (nSPS) is 12.8. The Morgan fingerprint density at radius 1 is 1.31 bits per heavy atom. The maximum atomic E-state index is 9.48. The van der Waals surface area contributed by atoms with Crippen molar-refractivity contribution in [1.82, 2.24) is 5.32 Å². The van der Waals surface area contributed by atoms with E-state index >= 15 is 0 Å². The summed E-state index contributed by atoms with van der Waals surface area (Å²) in [5, 5.41) is 12.7. The number of benzene rings is 1. The van der Waals surface area contributed by atoms with Gasteiger partial charge in [0.05, 0.1) is 12.7 Å². The molecule has 0 aliphatic carbocycles. The molecular weight excluding hydrogens is 202 g/mol. The Morgan fingerprint density at radius 2 is 1.94 bits per heavy atom.